The predicted octanol–water partition coefficient (Wildman–Crippen LogP) is 14.6. The molecule has 0 radical (unpaired) electrons. The fourth-order valence-electron chi connectivity index (χ4n) is 10.7. The Kier molecular flexibility index (Phi) is 11.0. The summed E-state index contributed by atoms with van der Waals surface area (Å²) in [6, 6.07) is 107. The van der Waals surface area contributed by atoms with Crippen LogP contribution < -0.4 is 25.6 Å². The molecule has 12 rings (SSSR count). The number of fused-ring (bicyclic) bond motifs is 3. The average molecular weight is 897 g/mol. The van der Waals surface area contributed by atoms with Gasteiger partial charge in [-0.2, -0.15) is 0 Å². The van der Waals surface area contributed by atoms with Crippen LogP contribution in [0.5, 0.6) is 0 Å². The molecule has 0 aliphatic rings. The van der Waals surface area contributed by atoms with E-state index in [1.807, 2.05) is 0 Å². The van der Waals surface area contributed by atoms with Crippen LogP contribution in [0.2, 0.25) is 0 Å². The molecule has 0 aliphatic heterocycles. The van der Waals surface area contributed by atoms with E-state index >= 15 is 0 Å². The molecule has 0 amide bonds. The lowest BCUT2D eigenvalue weighted by atomic mass is 9.94. The molecule has 0 spiro atoms. The van der Waals surface area contributed by atoms with Crippen LogP contribution in [0.15, 0.2) is 291 Å². The van der Waals surface area contributed by atoms with Gasteiger partial charge in [0, 0.05) is 33.5 Å². The van der Waals surface area contributed by atoms with Crippen LogP contribution in [0, 0.1) is 0 Å². The summed E-state index contributed by atoms with van der Waals surface area (Å²) in [5, 5.41) is 7.86. The van der Waals surface area contributed by atoms with Gasteiger partial charge in [-0.05, 0) is 115 Å². The van der Waals surface area contributed by atoms with Crippen molar-refractivity contribution in [1.82, 2.24) is 4.57 Å². The minimum atomic E-state index is -2.82. The quantitative estimate of drug-likeness (QED) is 0.0928. The Morgan fingerprint density at radius 3 is 1.25 bits per heavy atom. The summed E-state index contributed by atoms with van der Waals surface area (Å²) in [6.45, 7) is 0. The number of benzene rings is 11. The van der Waals surface area contributed by atoms with Gasteiger partial charge in [-0.25, -0.2) is 0 Å². The summed E-state index contributed by atoms with van der Waals surface area (Å²) in [5.74, 6) is 0. The first-order chi connectivity index (χ1) is 34.3. The highest BCUT2D eigenvalue weighted by Gasteiger charge is 2.41. The first-order valence-electron chi connectivity index (χ1n) is 23.8. The molecule has 0 saturated heterocycles. The van der Waals surface area contributed by atoms with E-state index in [-0.39, 0.29) is 0 Å². The smallest absolute Gasteiger partial charge is 0.179 e. The minimum Gasteiger partial charge on any atom is -0.311 e. The van der Waals surface area contributed by atoms with E-state index in [9.17, 15) is 0 Å². The molecule has 0 N–H and O–H groups in total. The van der Waals surface area contributed by atoms with Gasteiger partial charge >= 0.3 is 0 Å². The van der Waals surface area contributed by atoms with E-state index in [1.165, 1.54) is 75.9 Å². The van der Waals surface area contributed by atoms with Crippen LogP contribution in [0.4, 0.5) is 17.1 Å². The Morgan fingerprint density at radius 2 is 0.681 bits per heavy atom. The third-order valence-corrected chi connectivity index (χ3v) is 18.5. The van der Waals surface area contributed by atoms with Crippen molar-refractivity contribution in [1.29, 1.82) is 0 Å². The molecule has 0 aliphatic carbocycles. The van der Waals surface area contributed by atoms with Crippen molar-refractivity contribution in [3.63, 3.8) is 0 Å². The van der Waals surface area contributed by atoms with E-state index in [0.29, 0.717) is 0 Å². The predicted molar refractivity (Wildman–Crippen MR) is 295 cm³/mol. The first kappa shape index (κ1) is 41.7. The molecule has 11 aromatic carbocycles. The molecule has 3 heteroatoms. The third-order valence-electron chi connectivity index (χ3n) is 13.8. The summed E-state index contributed by atoms with van der Waals surface area (Å²) in [5.41, 5.74) is 14.0. The van der Waals surface area contributed by atoms with Gasteiger partial charge in [0.15, 0.2) is 8.07 Å². The summed E-state index contributed by atoms with van der Waals surface area (Å²) < 4.78 is 2.39. The Labute approximate surface area is 405 Å². The second-order valence-electron chi connectivity index (χ2n) is 17.6. The molecule has 0 unspecified atom stereocenters. The Bertz CT molecular complexity index is 3590. The largest absolute Gasteiger partial charge is 0.311 e. The highest BCUT2D eigenvalue weighted by Crippen LogP contribution is 2.41. The van der Waals surface area contributed by atoms with Gasteiger partial charge < -0.3 is 9.47 Å². The zero-order valence-corrected chi connectivity index (χ0v) is 39.1. The molecule has 326 valence electrons. The molecular formula is C66H48N2Si. The first-order valence-corrected chi connectivity index (χ1v) is 25.8. The Morgan fingerprint density at radius 1 is 0.275 bits per heavy atom. The van der Waals surface area contributed by atoms with Gasteiger partial charge in [0.1, 0.15) is 0 Å². The highest BCUT2D eigenvalue weighted by atomic mass is 28.3. The Balaban J connectivity index is 1.03. The molecule has 2 nitrogen and oxygen atoms in total. The van der Waals surface area contributed by atoms with E-state index < -0.39 is 8.07 Å². The number of para-hydroxylation sites is 2. The second kappa shape index (κ2) is 18.1. The van der Waals surface area contributed by atoms with Gasteiger partial charge in [-0.1, -0.05) is 231 Å². The van der Waals surface area contributed by atoms with Crippen molar-refractivity contribution in [2.24, 2.45) is 0 Å². The number of rotatable bonds is 11. The van der Waals surface area contributed by atoms with E-state index in [0.717, 1.165) is 22.7 Å². The van der Waals surface area contributed by atoms with Gasteiger partial charge in [-0.15, -0.1) is 0 Å². The minimum absolute atomic E-state index is 1.08. The van der Waals surface area contributed by atoms with Crippen LogP contribution in [-0.2, 0) is 0 Å². The summed E-state index contributed by atoms with van der Waals surface area (Å²) in [7, 11) is -2.82. The van der Waals surface area contributed by atoms with Crippen molar-refractivity contribution in [3.05, 3.63) is 291 Å². The SMILES string of the molecule is c1ccc(-c2ccccc2-c2ccc(N(c3ccc(-c4cccc5c4c4ccccc4n5-c4ccccc4)cc3)c3cccc([Si](c4ccccc4)(c4ccccc4)c4ccccc4)c3)cc2)cc1. The molecule has 0 saturated carbocycles. The molecule has 0 fully saturated rings. The number of aromatic nitrogens is 1. The third kappa shape index (κ3) is 7.46. The number of nitrogens with zero attached hydrogens (tertiary/aromatic N) is 2. The molecule has 1 aromatic heterocycles. The van der Waals surface area contributed by atoms with Crippen molar-refractivity contribution < 1.29 is 0 Å². The lowest BCUT2D eigenvalue weighted by Gasteiger charge is -2.35. The fraction of sp³-hybridized carbons (Fsp3) is 0. The van der Waals surface area contributed by atoms with E-state index in [4.69, 9.17) is 0 Å². The molecule has 0 atom stereocenters. The monoisotopic (exact) mass is 896 g/mol. The van der Waals surface area contributed by atoms with Crippen LogP contribution in [0.1, 0.15) is 0 Å². The summed E-state index contributed by atoms with van der Waals surface area (Å²) in [6.07, 6.45) is 0. The van der Waals surface area contributed by atoms with Crippen molar-refractivity contribution >= 4 is 67.7 Å². The lowest BCUT2D eigenvalue weighted by Crippen LogP contribution is -2.74. The molecule has 12 aromatic rings. The normalized spacial score (nSPS) is 11.5. The number of anilines is 3. The van der Waals surface area contributed by atoms with E-state index in [2.05, 4.69) is 301 Å². The van der Waals surface area contributed by atoms with E-state index in [1.54, 1.807) is 0 Å². The maximum Gasteiger partial charge on any atom is 0.179 e. The molecule has 69 heavy (non-hydrogen) atoms. The second-order valence-corrected chi connectivity index (χ2v) is 21.4. The number of hydrogen-bond donors (Lipinski definition) is 0. The molecular weight excluding hydrogens is 849 g/mol. The maximum atomic E-state index is 2.46. The van der Waals surface area contributed by atoms with Crippen LogP contribution in [0.25, 0.3) is 60.9 Å². The fourth-order valence-corrected chi connectivity index (χ4v) is 15.5. The van der Waals surface area contributed by atoms with Gasteiger partial charge in [0.25, 0.3) is 0 Å². The zero-order chi connectivity index (χ0) is 46.0. The van der Waals surface area contributed by atoms with Crippen LogP contribution >= 0.6 is 0 Å². The zero-order valence-electron chi connectivity index (χ0n) is 38.1. The average Bonchev–Trinajstić information content (AvgIpc) is 3.78. The van der Waals surface area contributed by atoms with Gasteiger partial charge in [0.2, 0.25) is 0 Å². The summed E-state index contributed by atoms with van der Waals surface area (Å²) >= 11 is 0. The van der Waals surface area contributed by atoms with Crippen molar-refractivity contribution in [2.75, 3.05) is 4.90 Å². The molecule has 1 heterocycles. The topological polar surface area (TPSA) is 8.17 Å². The van der Waals surface area contributed by atoms with Crippen molar-refractivity contribution in [2.45, 2.75) is 0 Å². The van der Waals surface area contributed by atoms with Crippen LogP contribution in [0.3, 0.4) is 0 Å². The van der Waals surface area contributed by atoms with Gasteiger partial charge in [0.05, 0.1) is 11.0 Å². The van der Waals surface area contributed by atoms with Crippen molar-refractivity contribution in [3.8, 4) is 39.1 Å². The Hall–Kier alpha value is -8.76. The maximum absolute atomic E-state index is 2.82. The summed E-state index contributed by atoms with van der Waals surface area (Å²) in [4.78, 5) is 2.43. The lowest BCUT2D eigenvalue weighted by molar-refractivity contribution is 1.18. The number of hydrogen-bond acceptors (Lipinski definition) is 1. The molecule has 0 bridgehead atoms. The standard InChI is InChI=1S/C66H48N2Si/c1-6-22-49(23-7-1)60-34-16-17-35-61(60)50-40-44-53(45-41-50)67(55-26-20-33-59(48-55)69(56-27-10-3-11-28-56,57-29-12-4-13-30-57)58-31-14-5-15-32-58)54-46-42-51(43-47-54)62-37-21-39-65-66(62)63-36-18-19-38-64(63)68(65)52-24-8-2-9-25-52/h1-48H. The van der Waals surface area contributed by atoms with Crippen LogP contribution in [-0.4, -0.2) is 12.6 Å². The van der Waals surface area contributed by atoms with Gasteiger partial charge in [-0.3, -0.25) is 0 Å². The highest BCUT2D eigenvalue weighted by molar-refractivity contribution is 7.19.